The van der Waals surface area contributed by atoms with Crippen molar-refractivity contribution in [1.82, 2.24) is 25.0 Å². The molecule has 0 unspecified atom stereocenters. The van der Waals surface area contributed by atoms with Crippen molar-refractivity contribution in [3.05, 3.63) is 40.1 Å². The number of aliphatic hydroxyl groups is 1. The van der Waals surface area contributed by atoms with Gasteiger partial charge in [0.25, 0.3) is 0 Å². The Balaban J connectivity index is 1.51. The molecule has 1 saturated heterocycles. The lowest BCUT2D eigenvalue weighted by atomic mass is 10.0. The number of aromatic nitrogens is 4. The Bertz CT molecular complexity index is 947. The van der Waals surface area contributed by atoms with Crippen molar-refractivity contribution in [2.75, 3.05) is 13.1 Å². The van der Waals surface area contributed by atoms with Crippen molar-refractivity contribution in [2.24, 2.45) is 13.0 Å². The predicted octanol–water partition coefficient (Wildman–Crippen LogP) is 2.37. The van der Waals surface area contributed by atoms with Crippen LogP contribution in [0.25, 0.3) is 11.4 Å². The molecule has 1 fully saturated rings. The molecule has 0 bridgehead atoms. The zero-order chi connectivity index (χ0) is 19.1. The molecule has 0 spiro atoms. The Morgan fingerprint density at radius 3 is 2.70 bits per heavy atom. The van der Waals surface area contributed by atoms with Crippen molar-refractivity contribution in [3.8, 4) is 11.4 Å². The van der Waals surface area contributed by atoms with Crippen LogP contribution in [0.15, 0.2) is 21.2 Å². The van der Waals surface area contributed by atoms with E-state index in [1.165, 1.54) is 0 Å². The summed E-state index contributed by atoms with van der Waals surface area (Å²) in [5.74, 6) is 1.61. The summed E-state index contributed by atoms with van der Waals surface area (Å²) in [6.07, 6.45) is 0.234. The molecular weight excluding hydrogens is 370 g/mol. The van der Waals surface area contributed by atoms with Crippen LogP contribution in [0.1, 0.15) is 22.8 Å². The maximum atomic E-state index is 10.5. The van der Waals surface area contributed by atoms with Crippen molar-refractivity contribution in [2.45, 2.75) is 32.9 Å². The largest absolute Gasteiger partial charge is 0.391 e. The van der Waals surface area contributed by atoms with Gasteiger partial charge in [0.2, 0.25) is 0 Å². The van der Waals surface area contributed by atoms with E-state index >= 15 is 0 Å². The molecule has 0 radical (unpaired) electrons. The van der Waals surface area contributed by atoms with Crippen LogP contribution in [-0.4, -0.2) is 49.3 Å². The number of rotatable bonds is 5. The van der Waals surface area contributed by atoms with Crippen LogP contribution in [0.3, 0.4) is 0 Å². The average molecular weight is 392 g/mol. The Kier molecular flexibility index (Phi) is 4.79. The van der Waals surface area contributed by atoms with E-state index in [4.69, 9.17) is 20.6 Å². The minimum Gasteiger partial charge on any atom is -0.391 e. The second-order valence-corrected chi connectivity index (χ2v) is 7.58. The summed E-state index contributed by atoms with van der Waals surface area (Å²) in [7, 11) is 1.80. The second-order valence-electron chi connectivity index (χ2n) is 7.22. The highest BCUT2D eigenvalue weighted by molar-refractivity contribution is 6.30. The Hall–Kier alpha value is -2.16. The van der Waals surface area contributed by atoms with E-state index in [2.05, 4.69) is 20.3 Å². The summed E-state index contributed by atoms with van der Waals surface area (Å²) in [5.41, 5.74) is 3.11. The number of hydrogen-bond acceptors (Lipinski definition) is 7. The molecule has 0 aliphatic carbocycles. The van der Waals surface area contributed by atoms with Gasteiger partial charge in [0.1, 0.15) is 28.1 Å². The normalized spacial score (nSPS) is 20.6. The zero-order valence-electron chi connectivity index (χ0n) is 15.5. The van der Waals surface area contributed by atoms with E-state index < -0.39 is 6.10 Å². The number of β-amino-alcohol motifs (C(OH)–C–C–N with tert-alkyl or cyclic N) is 1. The van der Waals surface area contributed by atoms with Gasteiger partial charge >= 0.3 is 0 Å². The van der Waals surface area contributed by atoms with Gasteiger partial charge in [-0.1, -0.05) is 21.9 Å². The Labute approximate surface area is 161 Å². The molecular formula is C18H22ClN5O3. The standard InChI is InChI=1S/C18H22ClN5O3/c1-10-4-13(27-21-10)6-12-7-24(9-16(12)25)8-14-17(20-23(3)18(14)19)15-5-11(2)26-22-15/h4-5,12,16,25H,6-9H2,1-3H3/t12-,16-/m1/s1. The molecule has 8 nitrogen and oxygen atoms in total. The first-order valence-corrected chi connectivity index (χ1v) is 9.26. The summed E-state index contributed by atoms with van der Waals surface area (Å²) in [6.45, 7) is 5.62. The lowest BCUT2D eigenvalue weighted by Gasteiger charge is -2.15. The highest BCUT2D eigenvalue weighted by Gasteiger charge is 2.33. The van der Waals surface area contributed by atoms with E-state index in [9.17, 15) is 5.11 Å². The number of hydrogen-bond donors (Lipinski definition) is 1. The molecule has 27 heavy (non-hydrogen) atoms. The minimum absolute atomic E-state index is 0.0885. The highest BCUT2D eigenvalue weighted by Crippen LogP contribution is 2.31. The smallest absolute Gasteiger partial charge is 0.137 e. The molecule has 144 valence electrons. The maximum absolute atomic E-state index is 10.5. The lowest BCUT2D eigenvalue weighted by molar-refractivity contribution is 0.137. The lowest BCUT2D eigenvalue weighted by Crippen LogP contribution is -2.21. The molecule has 2 atom stereocenters. The molecule has 4 rings (SSSR count). The summed E-state index contributed by atoms with van der Waals surface area (Å²) < 4.78 is 12.1. The van der Waals surface area contributed by atoms with Crippen molar-refractivity contribution in [1.29, 1.82) is 0 Å². The van der Waals surface area contributed by atoms with Gasteiger partial charge in [0.05, 0.1) is 11.8 Å². The van der Waals surface area contributed by atoms with Gasteiger partial charge in [-0.2, -0.15) is 5.10 Å². The fourth-order valence-corrected chi connectivity index (χ4v) is 3.82. The summed E-state index contributed by atoms with van der Waals surface area (Å²) in [6, 6.07) is 3.76. The van der Waals surface area contributed by atoms with Gasteiger partial charge in [0, 0.05) is 56.7 Å². The van der Waals surface area contributed by atoms with Crippen molar-refractivity contribution >= 4 is 11.6 Å². The predicted molar refractivity (Wildman–Crippen MR) is 98.2 cm³/mol. The average Bonchev–Trinajstić information content (AvgIpc) is 3.36. The number of likely N-dealkylation sites (tertiary alicyclic amines) is 1. The monoisotopic (exact) mass is 391 g/mol. The molecule has 1 N–H and O–H groups in total. The van der Waals surface area contributed by atoms with Crippen LogP contribution >= 0.6 is 11.6 Å². The van der Waals surface area contributed by atoms with E-state index in [0.717, 1.165) is 29.3 Å². The SMILES string of the molecule is Cc1cc(C[C@@H]2CN(Cc3c(-c4cc(C)on4)nn(C)c3Cl)C[C@H]2O)on1. The van der Waals surface area contributed by atoms with Crippen LogP contribution < -0.4 is 0 Å². The fourth-order valence-electron chi connectivity index (χ4n) is 3.64. The van der Waals surface area contributed by atoms with E-state index in [0.29, 0.717) is 36.1 Å². The van der Waals surface area contributed by atoms with Gasteiger partial charge in [-0.25, -0.2) is 0 Å². The van der Waals surface area contributed by atoms with E-state index in [1.54, 1.807) is 11.7 Å². The summed E-state index contributed by atoms with van der Waals surface area (Å²) in [4.78, 5) is 2.18. The molecule has 9 heteroatoms. The van der Waals surface area contributed by atoms with Gasteiger partial charge in [-0.3, -0.25) is 9.58 Å². The molecule has 3 aromatic heterocycles. The van der Waals surface area contributed by atoms with Gasteiger partial charge in [-0.05, 0) is 13.8 Å². The first kappa shape index (κ1) is 18.2. The van der Waals surface area contributed by atoms with Gasteiger partial charge < -0.3 is 14.2 Å². The summed E-state index contributed by atoms with van der Waals surface area (Å²) >= 11 is 6.48. The molecule has 0 aromatic carbocycles. The topological polar surface area (TPSA) is 93.4 Å². The molecule has 4 heterocycles. The molecule has 1 aliphatic rings. The number of aliphatic hydroxyl groups excluding tert-OH is 1. The highest BCUT2D eigenvalue weighted by atomic mass is 35.5. The molecule has 1 aliphatic heterocycles. The van der Waals surface area contributed by atoms with Crippen LogP contribution in [0.5, 0.6) is 0 Å². The van der Waals surface area contributed by atoms with Gasteiger partial charge in [0.15, 0.2) is 0 Å². The molecule has 0 amide bonds. The van der Waals surface area contributed by atoms with E-state index in [1.807, 2.05) is 26.0 Å². The summed E-state index contributed by atoms with van der Waals surface area (Å²) in [5, 5.41) is 23.5. The van der Waals surface area contributed by atoms with Crippen LogP contribution in [0.4, 0.5) is 0 Å². The first-order valence-electron chi connectivity index (χ1n) is 8.88. The third kappa shape index (κ3) is 3.65. The number of aryl methyl sites for hydroxylation is 3. The molecule has 3 aromatic rings. The first-order chi connectivity index (χ1) is 12.9. The van der Waals surface area contributed by atoms with Crippen molar-refractivity contribution in [3.63, 3.8) is 0 Å². The van der Waals surface area contributed by atoms with Gasteiger partial charge in [-0.15, -0.1) is 0 Å². The third-order valence-electron chi connectivity index (χ3n) is 4.94. The van der Waals surface area contributed by atoms with Crippen molar-refractivity contribution < 1.29 is 14.2 Å². The van der Waals surface area contributed by atoms with E-state index in [-0.39, 0.29) is 5.92 Å². The van der Waals surface area contributed by atoms with Crippen LogP contribution in [0, 0.1) is 19.8 Å². The molecule has 0 saturated carbocycles. The maximum Gasteiger partial charge on any atom is 0.137 e. The fraction of sp³-hybridized carbons (Fsp3) is 0.500. The van der Waals surface area contributed by atoms with Crippen LogP contribution in [0.2, 0.25) is 5.15 Å². The van der Waals surface area contributed by atoms with Crippen LogP contribution in [-0.2, 0) is 20.0 Å². The number of nitrogens with zero attached hydrogens (tertiary/aromatic N) is 5. The zero-order valence-corrected chi connectivity index (χ0v) is 16.3. The Morgan fingerprint density at radius 2 is 2.04 bits per heavy atom. The number of halogens is 1. The minimum atomic E-state index is -0.427. The Morgan fingerprint density at radius 1 is 1.22 bits per heavy atom. The third-order valence-corrected chi connectivity index (χ3v) is 5.42. The quantitative estimate of drug-likeness (QED) is 0.713. The second kappa shape index (κ2) is 7.10.